The molecule has 0 bridgehead atoms. The van der Waals surface area contributed by atoms with Gasteiger partial charge in [0.05, 0.1) is 39.9 Å². The van der Waals surface area contributed by atoms with E-state index in [9.17, 15) is 19.4 Å². The molecule has 3 atom stereocenters. The summed E-state index contributed by atoms with van der Waals surface area (Å²) in [6, 6.07) is -0.858. The molecule has 334 valence electrons. The highest BCUT2D eigenvalue weighted by atomic mass is 31.2. The maximum atomic E-state index is 12.9. The van der Waals surface area contributed by atoms with Gasteiger partial charge in [0.2, 0.25) is 5.91 Å². The molecular formula is C49H88N2O6P+. The average Bonchev–Trinajstić information content (AvgIpc) is 3.17. The van der Waals surface area contributed by atoms with Gasteiger partial charge in [-0.15, -0.1) is 0 Å². The number of carbonyl (C=O) groups is 1. The van der Waals surface area contributed by atoms with Crippen molar-refractivity contribution in [3.63, 3.8) is 0 Å². The maximum Gasteiger partial charge on any atom is 0.472 e. The van der Waals surface area contributed by atoms with Crippen LogP contribution in [0.1, 0.15) is 168 Å². The lowest BCUT2D eigenvalue weighted by Gasteiger charge is -2.25. The van der Waals surface area contributed by atoms with Crippen LogP contribution in [0, 0.1) is 0 Å². The largest absolute Gasteiger partial charge is 0.472 e. The topological polar surface area (TPSA) is 105 Å². The lowest BCUT2D eigenvalue weighted by Crippen LogP contribution is -2.45. The molecule has 0 aromatic rings. The number of hydrogen-bond acceptors (Lipinski definition) is 5. The summed E-state index contributed by atoms with van der Waals surface area (Å²) in [5.41, 5.74) is 0. The smallest absolute Gasteiger partial charge is 0.387 e. The second-order valence-electron chi connectivity index (χ2n) is 16.4. The number of unbranched alkanes of at least 4 members (excludes halogenated alkanes) is 15. The number of phosphoric ester groups is 1. The standard InChI is InChI=1S/C49H87N2O6P/c1-6-8-10-12-14-16-18-19-20-21-22-23-24-25-26-27-28-29-30-31-33-35-37-39-41-43-49(53)50-47(46-57-58(54,55)56-45-44-51(3,4)5)48(52)42-40-38-36-34-32-17-15-13-11-9-7-2/h8,10,14,16,19-20,22-23,25-26,28-29,40,42,47-48,52H,6-7,9,11-13,15,17-18,21,24,27,30-39,41,43-46H2,1-5H3,(H-,50,53,54,55)/p+1/b10-8-,16-14-,20-19-,23-22-,26-25-,29-28-,42-40+. The lowest BCUT2D eigenvalue weighted by atomic mass is 10.1. The summed E-state index contributed by atoms with van der Waals surface area (Å²) in [5, 5.41) is 13.8. The lowest BCUT2D eigenvalue weighted by molar-refractivity contribution is -0.870. The summed E-state index contributed by atoms with van der Waals surface area (Å²) in [5.74, 6) is -0.198. The molecule has 0 radical (unpaired) electrons. The van der Waals surface area contributed by atoms with E-state index in [1.54, 1.807) is 6.08 Å². The molecule has 0 aromatic heterocycles. The normalized spacial score (nSPS) is 15.1. The highest BCUT2D eigenvalue weighted by Crippen LogP contribution is 2.43. The number of nitrogens with zero attached hydrogens (tertiary/aromatic N) is 1. The molecule has 0 aromatic carbocycles. The molecule has 58 heavy (non-hydrogen) atoms. The van der Waals surface area contributed by atoms with Crippen LogP contribution in [0.2, 0.25) is 0 Å². The van der Waals surface area contributed by atoms with E-state index in [2.05, 4.69) is 92.1 Å². The Hall–Kier alpha value is -2.32. The van der Waals surface area contributed by atoms with Gasteiger partial charge in [-0.2, -0.15) is 0 Å². The monoisotopic (exact) mass is 832 g/mol. The Morgan fingerprint density at radius 2 is 1.03 bits per heavy atom. The number of allylic oxidation sites excluding steroid dienone is 13. The third-order valence-corrected chi connectivity index (χ3v) is 10.6. The first kappa shape index (κ1) is 55.7. The van der Waals surface area contributed by atoms with E-state index < -0.39 is 20.0 Å². The molecule has 8 nitrogen and oxygen atoms in total. The molecule has 0 saturated heterocycles. The minimum atomic E-state index is -4.34. The summed E-state index contributed by atoms with van der Waals surface area (Å²) in [7, 11) is 1.54. The number of hydrogen-bond donors (Lipinski definition) is 3. The van der Waals surface area contributed by atoms with Crippen LogP contribution in [0.5, 0.6) is 0 Å². The van der Waals surface area contributed by atoms with Crippen molar-refractivity contribution >= 4 is 13.7 Å². The molecule has 0 saturated carbocycles. The predicted octanol–water partition coefficient (Wildman–Crippen LogP) is 13.0. The molecule has 3 unspecified atom stereocenters. The van der Waals surface area contributed by atoms with E-state index in [1.807, 2.05) is 27.2 Å². The molecule has 0 fully saturated rings. The Morgan fingerprint density at radius 3 is 1.52 bits per heavy atom. The fraction of sp³-hybridized carbons (Fsp3) is 0.694. The van der Waals surface area contributed by atoms with Gasteiger partial charge in [-0.25, -0.2) is 4.57 Å². The number of phosphoric acid groups is 1. The predicted molar refractivity (Wildman–Crippen MR) is 249 cm³/mol. The van der Waals surface area contributed by atoms with Crippen LogP contribution < -0.4 is 5.32 Å². The first-order valence-corrected chi connectivity index (χ1v) is 24.5. The number of amides is 1. The van der Waals surface area contributed by atoms with E-state index in [0.717, 1.165) is 89.9 Å². The molecule has 0 rings (SSSR count). The Balaban J connectivity index is 4.35. The molecule has 9 heteroatoms. The van der Waals surface area contributed by atoms with Crippen molar-refractivity contribution in [2.75, 3.05) is 40.9 Å². The van der Waals surface area contributed by atoms with E-state index >= 15 is 0 Å². The van der Waals surface area contributed by atoms with E-state index in [4.69, 9.17) is 9.05 Å². The van der Waals surface area contributed by atoms with Crippen molar-refractivity contribution in [3.05, 3.63) is 85.1 Å². The van der Waals surface area contributed by atoms with Gasteiger partial charge < -0.3 is 19.8 Å². The van der Waals surface area contributed by atoms with Crippen LogP contribution in [-0.2, 0) is 18.4 Å². The molecule has 0 heterocycles. The van der Waals surface area contributed by atoms with Gasteiger partial charge in [-0.3, -0.25) is 13.8 Å². The number of carbonyl (C=O) groups excluding carboxylic acids is 1. The van der Waals surface area contributed by atoms with Gasteiger partial charge in [0.1, 0.15) is 13.2 Å². The van der Waals surface area contributed by atoms with Gasteiger partial charge in [-0.1, -0.05) is 176 Å². The number of rotatable bonds is 40. The fourth-order valence-electron chi connectivity index (χ4n) is 5.98. The zero-order valence-corrected chi connectivity index (χ0v) is 38.6. The number of quaternary nitrogens is 1. The van der Waals surface area contributed by atoms with E-state index in [0.29, 0.717) is 17.4 Å². The second-order valence-corrected chi connectivity index (χ2v) is 17.9. The average molecular weight is 832 g/mol. The van der Waals surface area contributed by atoms with E-state index in [-0.39, 0.29) is 19.1 Å². The summed E-state index contributed by atoms with van der Waals surface area (Å²) in [4.78, 5) is 23.1. The first-order valence-electron chi connectivity index (χ1n) is 23.0. The second kappa shape index (κ2) is 40.1. The number of nitrogens with one attached hydrogen (secondary N) is 1. The van der Waals surface area contributed by atoms with Crippen molar-refractivity contribution < 1.29 is 32.9 Å². The molecule has 3 N–H and O–H groups in total. The minimum Gasteiger partial charge on any atom is -0.387 e. The molecule has 1 amide bonds. The SMILES string of the molecule is CC/C=C\C/C=C\C/C=C\C/C=C\C/C=C\C/C=C\CCCCCCCCC(=O)NC(COP(=O)(O)OCC[N+](C)(C)C)C(O)/C=C/CCCCCCCCCCC. The highest BCUT2D eigenvalue weighted by Gasteiger charge is 2.27. The van der Waals surface area contributed by atoms with Crippen LogP contribution in [0.4, 0.5) is 0 Å². The molecule has 0 spiro atoms. The van der Waals surface area contributed by atoms with Gasteiger partial charge in [0, 0.05) is 6.42 Å². The van der Waals surface area contributed by atoms with Crippen LogP contribution in [-0.4, -0.2) is 73.4 Å². The molecule has 0 aliphatic carbocycles. The summed E-state index contributed by atoms with van der Waals surface area (Å²) in [6.07, 6.45) is 55.1. The fourth-order valence-corrected chi connectivity index (χ4v) is 6.72. The Morgan fingerprint density at radius 1 is 0.603 bits per heavy atom. The van der Waals surface area contributed by atoms with Gasteiger partial charge >= 0.3 is 7.82 Å². The maximum absolute atomic E-state index is 12.9. The third-order valence-electron chi connectivity index (χ3n) is 9.62. The molecule has 0 aliphatic heterocycles. The van der Waals surface area contributed by atoms with Crippen molar-refractivity contribution in [2.45, 2.75) is 180 Å². The van der Waals surface area contributed by atoms with Crippen LogP contribution in [0.15, 0.2) is 85.1 Å². The van der Waals surface area contributed by atoms with Gasteiger partial charge in [0.15, 0.2) is 0 Å². The van der Waals surface area contributed by atoms with Crippen molar-refractivity contribution in [3.8, 4) is 0 Å². The van der Waals surface area contributed by atoms with Crippen LogP contribution in [0.25, 0.3) is 0 Å². The van der Waals surface area contributed by atoms with Crippen molar-refractivity contribution in [1.82, 2.24) is 5.32 Å². The summed E-state index contributed by atoms with van der Waals surface area (Å²) in [6.45, 7) is 4.65. The molecule has 0 aliphatic rings. The summed E-state index contributed by atoms with van der Waals surface area (Å²) < 4.78 is 23.5. The van der Waals surface area contributed by atoms with Crippen LogP contribution >= 0.6 is 7.82 Å². The van der Waals surface area contributed by atoms with Gasteiger partial charge in [0.25, 0.3) is 0 Å². The van der Waals surface area contributed by atoms with Crippen molar-refractivity contribution in [2.24, 2.45) is 0 Å². The zero-order chi connectivity index (χ0) is 42.8. The third kappa shape index (κ3) is 41.8. The van der Waals surface area contributed by atoms with E-state index in [1.165, 1.54) is 57.8 Å². The number of aliphatic hydroxyl groups excluding tert-OH is 1. The Labute approximate surface area is 356 Å². The highest BCUT2D eigenvalue weighted by molar-refractivity contribution is 7.47. The quantitative estimate of drug-likeness (QED) is 0.0246. The Kier molecular flexibility index (Phi) is 38.5. The van der Waals surface area contributed by atoms with Crippen LogP contribution in [0.3, 0.4) is 0 Å². The molecular weight excluding hydrogens is 744 g/mol. The van der Waals surface area contributed by atoms with Crippen molar-refractivity contribution in [1.29, 1.82) is 0 Å². The number of likely N-dealkylation sites (N-methyl/N-ethyl adjacent to an activating group) is 1. The zero-order valence-electron chi connectivity index (χ0n) is 37.8. The number of aliphatic hydroxyl groups is 1. The summed E-state index contributed by atoms with van der Waals surface area (Å²) >= 11 is 0. The minimum absolute atomic E-state index is 0.0536. The first-order chi connectivity index (χ1) is 28.0. The Bertz CT molecular complexity index is 1220. The van der Waals surface area contributed by atoms with Gasteiger partial charge in [-0.05, 0) is 70.6 Å².